The molecular formula is C21H23BrN4O4. The highest BCUT2D eigenvalue weighted by atomic mass is 79.9. The lowest BCUT2D eigenvalue weighted by Gasteiger charge is -2.14. The number of hydrogen-bond acceptors (Lipinski definition) is 6. The first-order valence-corrected chi connectivity index (χ1v) is 9.87. The quantitative estimate of drug-likeness (QED) is 0.485. The van der Waals surface area contributed by atoms with Gasteiger partial charge in [-0.15, -0.1) is 0 Å². The van der Waals surface area contributed by atoms with Gasteiger partial charge in [-0.1, -0.05) is 12.1 Å². The van der Waals surface area contributed by atoms with Crippen LogP contribution in [-0.4, -0.2) is 37.0 Å². The van der Waals surface area contributed by atoms with Gasteiger partial charge < -0.3 is 14.2 Å². The second kappa shape index (κ2) is 9.53. The Kier molecular flexibility index (Phi) is 6.83. The number of benzene rings is 2. The number of hydrogen-bond donors (Lipinski definition) is 2. The van der Waals surface area contributed by atoms with E-state index in [1.165, 1.54) is 21.3 Å². The van der Waals surface area contributed by atoms with E-state index >= 15 is 0 Å². The molecule has 0 aliphatic heterocycles. The lowest BCUT2D eigenvalue weighted by atomic mass is 10.1. The Bertz CT molecular complexity index is 1010. The number of hydrazine groups is 1. The molecule has 0 fully saturated rings. The van der Waals surface area contributed by atoms with E-state index in [9.17, 15) is 4.79 Å². The van der Waals surface area contributed by atoms with Gasteiger partial charge >= 0.3 is 0 Å². The summed E-state index contributed by atoms with van der Waals surface area (Å²) in [6.07, 6.45) is 1.88. The number of methoxy groups -OCH3 is 3. The first kappa shape index (κ1) is 21.5. The van der Waals surface area contributed by atoms with E-state index in [-0.39, 0.29) is 12.3 Å². The summed E-state index contributed by atoms with van der Waals surface area (Å²) < 4.78 is 18.7. The molecule has 0 unspecified atom stereocenters. The third-order valence-corrected chi connectivity index (χ3v) is 5.05. The minimum Gasteiger partial charge on any atom is -0.493 e. The highest BCUT2D eigenvalue weighted by Crippen LogP contribution is 2.38. The molecular weight excluding hydrogens is 452 g/mol. The molecule has 0 saturated heterocycles. The van der Waals surface area contributed by atoms with Crippen molar-refractivity contribution in [2.45, 2.75) is 6.42 Å². The number of carbonyl (C=O) groups excluding carboxylic acids is 1. The molecule has 3 aromatic rings. The number of nitrogens with one attached hydrogen (secondary N) is 2. The number of aryl methyl sites for hydroxylation is 1. The van der Waals surface area contributed by atoms with Crippen molar-refractivity contribution in [1.82, 2.24) is 15.2 Å². The van der Waals surface area contributed by atoms with Crippen molar-refractivity contribution >= 4 is 27.5 Å². The van der Waals surface area contributed by atoms with Crippen LogP contribution in [0.15, 0.2) is 47.1 Å². The Morgan fingerprint density at radius 3 is 2.37 bits per heavy atom. The Labute approximate surface area is 183 Å². The van der Waals surface area contributed by atoms with E-state index in [1.807, 2.05) is 31.3 Å². The van der Waals surface area contributed by atoms with E-state index in [1.54, 1.807) is 23.0 Å². The van der Waals surface area contributed by atoms with Crippen molar-refractivity contribution in [1.29, 1.82) is 0 Å². The molecule has 0 bridgehead atoms. The number of amides is 1. The summed E-state index contributed by atoms with van der Waals surface area (Å²) in [5.41, 5.74) is 9.06. The van der Waals surface area contributed by atoms with Gasteiger partial charge in [-0.3, -0.25) is 20.3 Å². The van der Waals surface area contributed by atoms with Gasteiger partial charge in [0.25, 0.3) is 0 Å². The summed E-state index contributed by atoms with van der Waals surface area (Å²) in [5.74, 6) is 1.28. The average Bonchev–Trinajstić information content (AvgIpc) is 3.09. The summed E-state index contributed by atoms with van der Waals surface area (Å²) in [5, 5.41) is 4.23. The topological polar surface area (TPSA) is 86.6 Å². The van der Waals surface area contributed by atoms with Gasteiger partial charge in [0.1, 0.15) is 0 Å². The highest BCUT2D eigenvalue weighted by Gasteiger charge is 2.15. The average molecular weight is 475 g/mol. The third-order valence-electron chi connectivity index (χ3n) is 4.47. The standard InChI is InChI=1S/C21H23BrN4O4/c1-26-20(16(22)12-23-26)14-6-5-7-15(11-14)24-25-19(27)10-13-8-17(28-2)21(30-4)18(9-13)29-3/h5-9,11-12,24H,10H2,1-4H3,(H,25,27). The molecule has 0 spiro atoms. The second-order valence-electron chi connectivity index (χ2n) is 6.43. The van der Waals surface area contributed by atoms with Crippen LogP contribution < -0.4 is 25.1 Å². The minimum absolute atomic E-state index is 0.136. The van der Waals surface area contributed by atoms with Crippen LogP contribution in [0.2, 0.25) is 0 Å². The molecule has 0 atom stereocenters. The maximum Gasteiger partial charge on any atom is 0.242 e. The lowest BCUT2D eigenvalue weighted by Crippen LogP contribution is -2.30. The molecule has 1 amide bonds. The summed E-state index contributed by atoms with van der Waals surface area (Å²) >= 11 is 3.51. The van der Waals surface area contributed by atoms with Crippen LogP contribution in [0.25, 0.3) is 11.3 Å². The van der Waals surface area contributed by atoms with Crippen molar-refractivity contribution in [3.63, 3.8) is 0 Å². The van der Waals surface area contributed by atoms with Crippen LogP contribution in [0, 0.1) is 0 Å². The Hall–Kier alpha value is -3.20. The van der Waals surface area contributed by atoms with Crippen molar-refractivity contribution in [2.75, 3.05) is 26.8 Å². The molecule has 0 radical (unpaired) electrons. The number of halogens is 1. The molecule has 1 heterocycles. The summed E-state index contributed by atoms with van der Waals surface area (Å²) in [6.45, 7) is 0. The molecule has 30 heavy (non-hydrogen) atoms. The normalized spacial score (nSPS) is 10.4. The van der Waals surface area contributed by atoms with Crippen LogP contribution >= 0.6 is 15.9 Å². The fraction of sp³-hybridized carbons (Fsp3) is 0.238. The third kappa shape index (κ3) is 4.68. The Morgan fingerprint density at radius 2 is 1.80 bits per heavy atom. The first-order valence-electron chi connectivity index (χ1n) is 9.08. The molecule has 1 aromatic heterocycles. The molecule has 158 valence electrons. The number of ether oxygens (including phenoxy) is 3. The zero-order valence-electron chi connectivity index (χ0n) is 17.2. The first-order chi connectivity index (χ1) is 14.5. The summed E-state index contributed by atoms with van der Waals surface area (Å²) in [7, 11) is 6.49. The largest absolute Gasteiger partial charge is 0.493 e. The smallest absolute Gasteiger partial charge is 0.242 e. The predicted molar refractivity (Wildman–Crippen MR) is 118 cm³/mol. The van der Waals surface area contributed by atoms with Crippen molar-refractivity contribution in [2.24, 2.45) is 7.05 Å². The van der Waals surface area contributed by atoms with Gasteiger partial charge in [-0.25, -0.2) is 0 Å². The van der Waals surface area contributed by atoms with E-state index in [0.717, 1.165) is 27.0 Å². The van der Waals surface area contributed by atoms with E-state index in [2.05, 4.69) is 31.9 Å². The fourth-order valence-electron chi connectivity index (χ4n) is 3.09. The lowest BCUT2D eigenvalue weighted by molar-refractivity contribution is -0.119. The Balaban J connectivity index is 1.69. The number of aromatic nitrogens is 2. The molecule has 3 rings (SSSR count). The van der Waals surface area contributed by atoms with Gasteiger partial charge in [-0.05, 0) is 45.8 Å². The maximum atomic E-state index is 12.5. The van der Waals surface area contributed by atoms with Crippen molar-refractivity contribution < 1.29 is 19.0 Å². The van der Waals surface area contributed by atoms with Crippen LogP contribution in [0.4, 0.5) is 5.69 Å². The van der Waals surface area contributed by atoms with Crippen molar-refractivity contribution in [3.8, 4) is 28.5 Å². The van der Waals surface area contributed by atoms with Gasteiger partial charge in [-0.2, -0.15) is 5.10 Å². The van der Waals surface area contributed by atoms with Crippen LogP contribution in [0.3, 0.4) is 0 Å². The summed E-state index contributed by atoms with van der Waals surface area (Å²) in [4.78, 5) is 12.5. The highest BCUT2D eigenvalue weighted by molar-refractivity contribution is 9.10. The van der Waals surface area contributed by atoms with E-state index in [0.29, 0.717) is 17.2 Å². The van der Waals surface area contributed by atoms with Crippen LogP contribution in [-0.2, 0) is 18.3 Å². The predicted octanol–water partition coefficient (Wildman–Crippen LogP) is 3.56. The second-order valence-corrected chi connectivity index (χ2v) is 7.28. The fourth-order valence-corrected chi connectivity index (χ4v) is 3.67. The van der Waals surface area contributed by atoms with Crippen LogP contribution in [0.5, 0.6) is 17.2 Å². The zero-order valence-corrected chi connectivity index (χ0v) is 18.7. The molecule has 2 N–H and O–H groups in total. The number of carbonyl (C=O) groups is 1. The van der Waals surface area contributed by atoms with Gasteiger partial charge in [0.15, 0.2) is 11.5 Å². The molecule has 2 aromatic carbocycles. The molecule has 0 aliphatic rings. The molecule has 0 saturated carbocycles. The van der Waals surface area contributed by atoms with Gasteiger partial charge in [0, 0.05) is 12.6 Å². The van der Waals surface area contributed by atoms with E-state index in [4.69, 9.17) is 14.2 Å². The SMILES string of the molecule is COc1cc(CC(=O)NNc2cccc(-c3c(Br)cnn3C)c2)cc(OC)c1OC. The molecule has 9 heteroatoms. The monoisotopic (exact) mass is 474 g/mol. The van der Waals surface area contributed by atoms with Gasteiger partial charge in [0.05, 0.1) is 49.8 Å². The van der Waals surface area contributed by atoms with Crippen LogP contribution in [0.1, 0.15) is 5.56 Å². The maximum absolute atomic E-state index is 12.5. The van der Waals surface area contributed by atoms with Crippen molar-refractivity contribution in [3.05, 3.63) is 52.6 Å². The number of anilines is 1. The molecule has 8 nitrogen and oxygen atoms in total. The Morgan fingerprint density at radius 1 is 1.10 bits per heavy atom. The van der Waals surface area contributed by atoms with E-state index < -0.39 is 0 Å². The minimum atomic E-state index is -0.212. The zero-order chi connectivity index (χ0) is 21.7. The van der Waals surface area contributed by atoms with Gasteiger partial charge in [0.2, 0.25) is 11.7 Å². The summed E-state index contributed by atoms with van der Waals surface area (Å²) in [6, 6.07) is 11.2. The number of nitrogens with zero attached hydrogens (tertiary/aromatic N) is 2. The molecule has 0 aliphatic carbocycles. The number of rotatable bonds is 8.